The van der Waals surface area contributed by atoms with Gasteiger partial charge in [-0.25, -0.2) is 17.6 Å². The third kappa shape index (κ3) is 4.28. The van der Waals surface area contributed by atoms with Gasteiger partial charge in [0.2, 0.25) is 6.17 Å². The zero-order chi connectivity index (χ0) is 20.0. The van der Waals surface area contributed by atoms with Crippen molar-refractivity contribution in [3.8, 4) is 0 Å². The number of hydrogen-bond acceptors (Lipinski definition) is 0. The zero-order valence-corrected chi connectivity index (χ0v) is 11.4. The van der Waals surface area contributed by atoms with E-state index in [1.165, 1.54) is 0 Å². The standard InChI is InChI=1S/C9H5ClF14/c10-7(17,18)6(15,16)3(11)4(12,13)1-2-5(14,8(19,20)21)9(22,23)24/h3H,1-2H2. The van der Waals surface area contributed by atoms with Crippen LogP contribution in [-0.2, 0) is 0 Å². The van der Waals surface area contributed by atoms with Gasteiger partial charge in [-0.15, -0.1) is 0 Å². The molecular weight excluding hydrogens is 410 g/mol. The Morgan fingerprint density at radius 2 is 0.958 bits per heavy atom. The van der Waals surface area contributed by atoms with Crippen LogP contribution in [0, 0.1) is 0 Å². The highest BCUT2D eigenvalue weighted by molar-refractivity contribution is 6.22. The van der Waals surface area contributed by atoms with Crippen LogP contribution in [0.1, 0.15) is 12.8 Å². The summed E-state index contributed by atoms with van der Waals surface area (Å²) in [7, 11) is 0. The van der Waals surface area contributed by atoms with E-state index in [-0.39, 0.29) is 0 Å². The van der Waals surface area contributed by atoms with Crippen LogP contribution in [0.5, 0.6) is 0 Å². The third-order valence-corrected chi connectivity index (χ3v) is 3.02. The van der Waals surface area contributed by atoms with Crippen molar-refractivity contribution in [3.63, 3.8) is 0 Å². The molecule has 1 unspecified atom stereocenters. The first-order valence-corrected chi connectivity index (χ1v) is 5.78. The molecule has 0 N–H and O–H groups in total. The maximum atomic E-state index is 13.1. The van der Waals surface area contributed by atoms with Crippen molar-refractivity contribution < 1.29 is 61.5 Å². The van der Waals surface area contributed by atoms with Gasteiger partial charge in [0.25, 0.3) is 11.6 Å². The minimum Gasteiger partial charge on any atom is -0.234 e. The lowest BCUT2D eigenvalue weighted by Gasteiger charge is -2.33. The molecule has 0 rings (SSSR count). The molecule has 0 aliphatic rings. The van der Waals surface area contributed by atoms with E-state index in [0.717, 1.165) is 0 Å². The second-order valence-electron chi connectivity index (χ2n) is 4.54. The molecule has 0 aromatic rings. The number of halogens is 15. The summed E-state index contributed by atoms with van der Waals surface area (Å²) in [5.41, 5.74) is -6.29. The lowest BCUT2D eigenvalue weighted by Crippen LogP contribution is -2.56. The molecule has 0 heterocycles. The SMILES string of the molecule is FC(C(F)(F)CCC(F)(C(F)(F)F)C(F)(F)F)C(F)(F)C(F)(F)Cl. The summed E-state index contributed by atoms with van der Waals surface area (Å²) in [6.45, 7) is 0. The Morgan fingerprint density at radius 3 is 1.21 bits per heavy atom. The van der Waals surface area contributed by atoms with E-state index in [1.807, 2.05) is 0 Å². The van der Waals surface area contributed by atoms with Gasteiger partial charge in [-0.1, -0.05) is 0 Å². The van der Waals surface area contributed by atoms with Crippen molar-refractivity contribution in [2.24, 2.45) is 0 Å². The highest BCUT2D eigenvalue weighted by Crippen LogP contribution is 2.52. The van der Waals surface area contributed by atoms with Gasteiger partial charge in [0, 0.05) is 12.8 Å². The summed E-state index contributed by atoms with van der Waals surface area (Å²) in [5.74, 6) is -12.2. The number of rotatable bonds is 6. The summed E-state index contributed by atoms with van der Waals surface area (Å²) in [6.07, 6.45) is -25.2. The first-order valence-electron chi connectivity index (χ1n) is 5.40. The van der Waals surface area contributed by atoms with Gasteiger partial charge in [-0.05, 0) is 11.6 Å². The second kappa shape index (κ2) is 6.24. The van der Waals surface area contributed by atoms with Gasteiger partial charge < -0.3 is 0 Å². The summed E-state index contributed by atoms with van der Waals surface area (Å²) in [6, 6.07) is 0. The molecule has 0 aromatic carbocycles. The van der Waals surface area contributed by atoms with Crippen molar-refractivity contribution in [2.75, 3.05) is 0 Å². The van der Waals surface area contributed by atoms with E-state index in [2.05, 4.69) is 11.6 Å². The summed E-state index contributed by atoms with van der Waals surface area (Å²) >= 11 is 3.67. The Morgan fingerprint density at radius 1 is 0.625 bits per heavy atom. The van der Waals surface area contributed by atoms with Gasteiger partial charge >= 0.3 is 23.7 Å². The van der Waals surface area contributed by atoms with Crippen LogP contribution in [0.3, 0.4) is 0 Å². The smallest absolute Gasteiger partial charge is 0.234 e. The fourth-order valence-corrected chi connectivity index (χ4v) is 1.41. The van der Waals surface area contributed by atoms with Gasteiger partial charge in [-0.3, -0.25) is 0 Å². The van der Waals surface area contributed by atoms with E-state index >= 15 is 0 Å². The zero-order valence-electron chi connectivity index (χ0n) is 10.7. The van der Waals surface area contributed by atoms with Gasteiger partial charge in [-0.2, -0.15) is 43.9 Å². The van der Waals surface area contributed by atoms with E-state index in [0.29, 0.717) is 0 Å². The topological polar surface area (TPSA) is 0 Å². The second-order valence-corrected chi connectivity index (χ2v) is 5.02. The Balaban J connectivity index is 5.52. The molecule has 0 aliphatic carbocycles. The quantitative estimate of drug-likeness (QED) is 0.367. The molecule has 0 spiro atoms. The van der Waals surface area contributed by atoms with Crippen molar-refractivity contribution in [1.82, 2.24) is 0 Å². The van der Waals surface area contributed by atoms with E-state index in [4.69, 9.17) is 0 Å². The Kier molecular flexibility index (Phi) is 6.06. The molecule has 0 radical (unpaired) electrons. The van der Waals surface area contributed by atoms with E-state index in [9.17, 15) is 61.5 Å². The molecule has 0 saturated heterocycles. The summed E-state index contributed by atoms with van der Waals surface area (Å²) in [4.78, 5) is 0. The monoisotopic (exact) mass is 414 g/mol. The van der Waals surface area contributed by atoms with Gasteiger partial charge in [0.05, 0.1) is 0 Å². The van der Waals surface area contributed by atoms with Crippen molar-refractivity contribution in [3.05, 3.63) is 0 Å². The molecule has 0 aromatic heterocycles. The van der Waals surface area contributed by atoms with Crippen LogP contribution >= 0.6 is 11.6 Å². The lowest BCUT2D eigenvalue weighted by molar-refractivity contribution is -0.346. The maximum absolute atomic E-state index is 13.1. The molecule has 24 heavy (non-hydrogen) atoms. The number of hydrogen-bond donors (Lipinski definition) is 0. The minimum atomic E-state index is -6.80. The summed E-state index contributed by atoms with van der Waals surface area (Å²) in [5, 5.41) is -5.93. The van der Waals surface area contributed by atoms with Crippen molar-refractivity contribution >= 4 is 11.6 Å². The maximum Gasteiger partial charge on any atom is 0.431 e. The first kappa shape index (κ1) is 23.3. The van der Waals surface area contributed by atoms with Crippen LogP contribution in [0.25, 0.3) is 0 Å². The van der Waals surface area contributed by atoms with Crippen LogP contribution in [-0.4, -0.2) is 41.4 Å². The predicted octanol–water partition coefficient (Wildman–Crippen LogP) is 6.04. The van der Waals surface area contributed by atoms with Gasteiger partial charge in [0.1, 0.15) is 0 Å². The molecule has 15 heteroatoms. The fraction of sp³-hybridized carbons (Fsp3) is 1.00. The Labute approximate surface area is 128 Å². The van der Waals surface area contributed by atoms with Crippen LogP contribution in [0.4, 0.5) is 61.5 Å². The lowest BCUT2D eigenvalue weighted by atomic mass is 9.93. The number of alkyl halides is 15. The molecule has 0 nitrogen and oxygen atoms in total. The average molecular weight is 415 g/mol. The molecule has 146 valence electrons. The summed E-state index contributed by atoms with van der Waals surface area (Å²) < 4.78 is 174. The van der Waals surface area contributed by atoms with E-state index in [1.54, 1.807) is 0 Å². The third-order valence-electron chi connectivity index (χ3n) is 2.77. The Hall–Kier alpha value is -0.690. The van der Waals surface area contributed by atoms with Crippen LogP contribution < -0.4 is 0 Å². The van der Waals surface area contributed by atoms with Crippen LogP contribution in [0.15, 0.2) is 0 Å². The molecular formula is C9H5ClF14. The molecule has 0 amide bonds. The highest BCUT2D eigenvalue weighted by Gasteiger charge is 2.74. The molecule has 1 atom stereocenters. The first-order chi connectivity index (χ1) is 10.1. The molecule has 0 aliphatic heterocycles. The fourth-order valence-electron chi connectivity index (χ4n) is 1.32. The van der Waals surface area contributed by atoms with Crippen molar-refractivity contribution in [1.29, 1.82) is 0 Å². The molecule has 0 saturated carbocycles. The Bertz CT molecular complexity index is 415. The minimum absolute atomic E-state index is 3.10. The largest absolute Gasteiger partial charge is 0.431 e. The molecule has 0 bridgehead atoms. The highest BCUT2D eigenvalue weighted by atomic mass is 35.5. The van der Waals surface area contributed by atoms with Crippen LogP contribution in [0.2, 0.25) is 0 Å². The van der Waals surface area contributed by atoms with E-state index < -0.39 is 54.3 Å². The van der Waals surface area contributed by atoms with Gasteiger partial charge in [0.15, 0.2) is 0 Å². The average Bonchev–Trinajstić information content (AvgIpc) is 2.30. The predicted molar refractivity (Wildman–Crippen MR) is 50.8 cm³/mol. The van der Waals surface area contributed by atoms with Crippen molar-refractivity contribution in [2.45, 2.75) is 54.3 Å². The molecule has 0 fully saturated rings. The normalized spacial score (nSPS) is 17.1.